The molecule has 21 heavy (non-hydrogen) atoms. The lowest BCUT2D eigenvalue weighted by Crippen LogP contribution is -2.31. The number of nitrogens with one attached hydrogen (secondary N) is 1. The van der Waals surface area contributed by atoms with Crippen LogP contribution in [0, 0.1) is 5.92 Å². The molecule has 3 heterocycles. The van der Waals surface area contributed by atoms with Gasteiger partial charge >= 0.3 is 0 Å². The number of fused-ring (bicyclic) bond motifs is 1. The van der Waals surface area contributed by atoms with Crippen LogP contribution in [-0.4, -0.2) is 36.0 Å². The van der Waals surface area contributed by atoms with Gasteiger partial charge in [-0.1, -0.05) is 13.8 Å². The van der Waals surface area contributed by atoms with Crippen LogP contribution in [-0.2, 0) is 29.2 Å². The summed E-state index contributed by atoms with van der Waals surface area (Å²) in [5.41, 5.74) is 2.39. The topological polar surface area (TPSA) is 64.0 Å². The highest BCUT2D eigenvalue weighted by Gasteiger charge is 2.31. The Morgan fingerprint density at radius 3 is 2.95 bits per heavy atom. The minimum Gasteiger partial charge on any atom is -0.328 e. The number of rotatable bonds is 3. The SMILES string of the molecule is CC(C)Cc1nc2c(n1C1CCCS(=O)(=O)C1)CCNC2. The Morgan fingerprint density at radius 2 is 2.24 bits per heavy atom. The predicted octanol–water partition coefficient (Wildman–Crippen LogP) is 1.48. The Labute approximate surface area is 127 Å². The summed E-state index contributed by atoms with van der Waals surface area (Å²) >= 11 is 0. The van der Waals surface area contributed by atoms with Gasteiger partial charge in [0.15, 0.2) is 9.84 Å². The fourth-order valence-electron chi connectivity index (χ4n) is 3.53. The van der Waals surface area contributed by atoms with E-state index in [-0.39, 0.29) is 11.8 Å². The monoisotopic (exact) mass is 311 g/mol. The largest absolute Gasteiger partial charge is 0.328 e. The van der Waals surface area contributed by atoms with Crippen LogP contribution in [0.4, 0.5) is 0 Å². The predicted molar refractivity (Wildman–Crippen MR) is 83.1 cm³/mol. The van der Waals surface area contributed by atoms with Gasteiger partial charge in [0.05, 0.1) is 17.2 Å². The van der Waals surface area contributed by atoms with Crippen molar-refractivity contribution in [3.05, 3.63) is 17.2 Å². The van der Waals surface area contributed by atoms with Crippen molar-refractivity contribution < 1.29 is 8.42 Å². The van der Waals surface area contributed by atoms with Crippen LogP contribution < -0.4 is 5.32 Å². The van der Waals surface area contributed by atoms with E-state index in [2.05, 4.69) is 23.7 Å². The molecular formula is C15H25N3O2S. The maximum atomic E-state index is 12.0. The van der Waals surface area contributed by atoms with Crippen molar-refractivity contribution in [3.63, 3.8) is 0 Å². The van der Waals surface area contributed by atoms with Crippen LogP contribution in [0.1, 0.15) is 49.9 Å². The van der Waals surface area contributed by atoms with Crippen LogP contribution in [0.2, 0.25) is 0 Å². The molecule has 1 fully saturated rings. The van der Waals surface area contributed by atoms with Crippen LogP contribution in [0.5, 0.6) is 0 Å². The molecule has 1 saturated heterocycles. The molecule has 6 heteroatoms. The van der Waals surface area contributed by atoms with E-state index in [1.54, 1.807) is 0 Å². The third kappa shape index (κ3) is 3.16. The molecule has 3 rings (SSSR count). The van der Waals surface area contributed by atoms with E-state index in [9.17, 15) is 8.42 Å². The highest BCUT2D eigenvalue weighted by Crippen LogP contribution is 2.29. The molecule has 0 bridgehead atoms. The van der Waals surface area contributed by atoms with Crippen molar-refractivity contribution in [1.29, 1.82) is 0 Å². The van der Waals surface area contributed by atoms with Crippen LogP contribution >= 0.6 is 0 Å². The zero-order valence-electron chi connectivity index (χ0n) is 12.9. The summed E-state index contributed by atoms with van der Waals surface area (Å²) in [5, 5.41) is 3.36. The molecule has 1 unspecified atom stereocenters. The van der Waals surface area contributed by atoms with Gasteiger partial charge in [0.2, 0.25) is 0 Å². The average Bonchev–Trinajstić information content (AvgIpc) is 2.74. The molecule has 0 radical (unpaired) electrons. The standard InChI is InChI=1S/C15H25N3O2S/c1-11(2)8-15-17-13-9-16-6-5-14(13)18(15)12-4-3-7-21(19,20)10-12/h11-12,16H,3-10H2,1-2H3. The van der Waals surface area contributed by atoms with Gasteiger partial charge < -0.3 is 9.88 Å². The maximum Gasteiger partial charge on any atom is 0.152 e. The zero-order chi connectivity index (χ0) is 15.0. The number of nitrogens with zero attached hydrogens (tertiary/aromatic N) is 2. The summed E-state index contributed by atoms with van der Waals surface area (Å²) in [5.74, 6) is 2.25. The lowest BCUT2D eigenvalue weighted by atomic mass is 10.1. The molecule has 2 aliphatic heterocycles. The fourth-order valence-corrected chi connectivity index (χ4v) is 5.21. The lowest BCUT2D eigenvalue weighted by Gasteiger charge is -2.28. The van der Waals surface area contributed by atoms with Crippen LogP contribution in [0.15, 0.2) is 0 Å². The normalized spacial score (nSPS) is 25.0. The molecule has 118 valence electrons. The number of hydrogen-bond donors (Lipinski definition) is 1. The van der Waals surface area contributed by atoms with Crippen molar-refractivity contribution in [2.75, 3.05) is 18.1 Å². The van der Waals surface area contributed by atoms with Crippen LogP contribution in [0.25, 0.3) is 0 Å². The molecule has 0 aliphatic carbocycles. The Kier molecular flexibility index (Phi) is 4.10. The Bertz CT molecular complexity index is 619. The number of aromatic nitrogens is 2. The van der Waals surface area contributed by atoms with Gasteiger partial charge in [0.25, 0.3) is 0 Å². The highest BCUT2D eigenvalue weighted by atomic mass is 32.2. The smallest absolute Gasteiger partial charge is 0.152 e. The van der Waals surface area contributed by atoms with Crippen molar-refractivity contribution in [2.45, 2.75) is 52.1 Å². The number of sulfone groups is 1. The number of imidazole rings is 1. The first kappa shape index (κ1) is 15.0. The Morgan fingerprint density at radius 1 is 1.43 bits per heavy atom. The van der Waals surface area contributed by atoms with Gasteiger partial charge in [-0.05, 0) is 18.8 Å². The number of hydrogen-bond acceptors (Lipinski definition) is 4. The van der Waals surface area contributed by atoms with E-state index >= 15 is 0 Å². The lowest BCUT2D eigenvalue weighted by molar-refractivity contribution is 0.433. The minimum absolute atomic E-state index is 0.0897. The second-order valence-electron chi connectivity index (χ2n) is 6.73. The minimum atomic E-state index is -2.89. The molecule has 1 aromatic heterocycles. The van der Waals surface area contributed by atoms with Gasteiger partial charge in [-0.15, -0.1) is 0 Å². The van der Waals surface area contributed by atoms with Gasteiger partial charge in [-0.3, -0.25) is 0 Å². The van der Waals surface area contributed by atoms with Crippen molar-refractivity contribution >= 4 is 9.84 Å². The molecule has 5 nitrogen and oxygen atoms in total. The summed E-state index contributed by atoms with van der Waals surface area (Å²) in [7, 11) is -2.89. The third-order valence-electron chi connectivity index (χ3n) is 4.39. The van der Waals surface area contributed by atoms with E-state index < -0.39 is 9.84 Å². The van der Waals surface area contributed by atoms with Crippen LogP contribution in [0.3, 0.4) is 0 Å². The molecule has 0 aromatic carbocycles. The average molecular weight is 311 g/mol. The molecular weight excluding hydrogens is 286 g/mol. The molecule has 0 amide bonds. The highest BCUT2D eigenvalue weighted by molar-refractivity contribution is 7.91. The first-order valence-corrected chi connectivity index (χ1v) is 9.78. The quantitative estimate of drug-likeness (QED) is 0.918. The second-order valence-corrected chi connectivity index (χ2v) is 8.96. The third-order valence-corrected chi connectivity index (χ3v) is 6.20. The zero-order valence-corrected chi connectivity index (χ0v) is 13.7. The van der Waals surface area contributed by atoms with Crippen molar-refractivity contribution in [2.24, 2.45) is 5.92 Å². The fraction of sp³-hybridized carbons (Fsp3) is 0.800. The van der Waals surface area contributed by atoms with Crippen molar-refractivity contribution in [1.82, 2.24) is 14.9 Å². The molecule has 0 saturated carbocycles. The molecule has 1 aromatic rings. The van der Waals surface area contributed by atoms with E-state index in [0.29, 0.717) is 11.7 Å². The molecule has 1 N–H and O–H groups in total. The van der Waals surface area contributed by atoms with Gasteiger partial charge in [0, 0.05) is 37.7 Å². The van der Waals surface area contributed by atoms with Gasteiger partial charge in [-0.25, -0.2) is 13.4 Å². The summed E-state index contributed by atoms with van der Waals surface area (Å²) < 4.78 is 26.3. The molecule has 2 aliphatic rings. The summed E-state index contributed by atoms with van der Waals surface area (Å²) in [6.07, 6.45) is 3.61. The van der Waals surface area contributed by atoms with Crippen molar-refractivity contribution in [3.8, 4) is 0 Å². The van der Waals surface area contributed by atoms with Gasteiger partial charge in [0.1, 0.15) is 5.82 Å². The van der Waals surface area contributed by atoms with E-state index in [1.165, 1.54) is 5.69 Å². The first-order chi connectivity index (χ1) is 9.96. The van der Waals surface area contributed by atoms with E-state index in [1.807, 2.05) is 0 Å². The second kappa shape index (κ2) is 5.72. The summed E-state index contributed by atoms with van der Waals surface area (Å²) in [4.78, 5) is 4.82. The van der Waals surface area contributed by atoms with E-state index in [0.717, 1.165) is 50.3 Å². The maximum absolute atomic E-state index is 12.0. The first-order valence-electron chi connectivity index (χ1n) is 7.96. The van der Waals surface area contributed by atoms with Gasteiger partial charge in [-0.2, -0.15) is 0 Å². The summed E-state index contributed by atoms with van der Waals surface area (Å²) in [6, 6.07) is 0.0897. The Balaban J connectivity index is 2.00. The van der Waals surface area contributed by atoms with E-state index in [4.69, 9.17) is 4.98 Å². The molecule has 0 spiro atoms. The summed E-state index contributed by atoms with van der Waals surface area (Å²) in [6.45, 7) is 6.15. The Hall–Kier alpha value is -0.880. The molecule has 1 atom stereocenters.